The Morgan fingerprint density at radius 2 is 1.56 bits per heavy atom. The number of hydrogen-bond acceptors (Lipinski definition) is 3. The van der Waals surface area contributed by atoms with E-state index in [9.17, 15) is 8.78 Å². The van der Waals surface area contributed by atoms with Crippen molar-refractivity contribution in [2.24, 2.45) is 0 Å². The van der Waals surface area contributed by atoms with Crippen molar-refractivity contribution < 1.29 is 8.78 Å². The van der Waals surface area contributed by atoms with E-state index < -0.39 is 17.0 Å². The second-order valence-electron chi connectivity index (χ2n) is 8.16. The molecule has 2 aromatic carbocycles. The summed E-state index contributed by atoms with van der Waals surface area (Å²) < 4.78 is 27.6. The quantitative estimate of drug-likeness (QED) is 0.382. The number of aromatic nitrogens is 2. The monoisotopic (exact) mass is 425 g/mol. The Morgan fingerprint density at radius 3 is 2.31 bits per heavy atom. The van der Waals surface area contributed by atoms with Gasteiger partial charge in [-0.25, -0.2) is 8.78 Å². The number of pyridine rings is 2. The third kappa shape index (κ3) is 4.40. The van der Waals surface area contributed by atoms with Gasteiger partial charge in [-0.15, -0.1) is 0 Å². The summed E-state index contributed by atoms with van der Waals surface area (Å²) >= 11 is 0. The van der Waals surface area contributed by atoms with Gasteiger partial charge in [0, 0.05) is 29.2 Å². The first-order valence-corrected chi connectivity index (χ1v) is 10.3. The van der Waals surface area contributed by atoms with Crippen molar-refractivity contribution in [2.45, 2.75) is 25.7 Å². The number of rotatable bonds is 5. The van der Waals surface area contributed by atoms with Gasteiger partial charge in [-0.1, -0.05) is 24.3 Å². The zero-order valence-corrected chi connectivity index (χ0v) is 17.8. The maximum atomic E-state index is 14.3. The van der Waals surface area contributed by atoms with Gasteiger partial charge >= 0.3 is 0 Å². The Balaban J connectivity index is 1.66. The van der Waals surface area contributed by atoms with Crippen molar-refractivity contribution in [3.63, 3.8) is 0 Å². The fourth-order valence-corrected chi connectivity index (χ4v) is 3.65. The van der Waals surface area contributed by atoms with Crippen LogP contribution in [-0.2, 0) is 11.8 Å². The third-order valence-corrected chi connectivity index (χ3v) is 5.48. The van der Waals surface area contributed by atoms with Crippen molar-refractivity contribution in [1.82, 2.24) is 9.97 Å². The molecule has 32 heavy (non-hydrogen) atoms. The summed E-state index contributed by atoms with van der Waals surface area (Å²) in [7, 11) is 0. The average Bonchev–Trinajstić information content (AvgIpc) is 2.79. The van der Waals surface area contributed by atoms with Crippen molar-refractivity contribution in [1.29, 1.82) is 5.26 Å². The summed E-state index contributed by atoms with van der Waals surface area (Å²) in [5.41, 5.74) is 4.22. The molecule has 158 valence electrons. The maximum absolute atomic E-state index is 14.3. The molecule has 0 unspecified atom stereocenters. The number of benzene rings is 2. The molecule has 0 spiro atoms. The first kappa shape index (κ1) is 21.3. The summed E-state index contributed by atoms with van der Waals surface area (Å²) in [5, 5.41) is 9.13. The number of nitrogens with zero attached hydrogens (tertiary/aromatic N) is 3. The van der Waals surface area contributed by atoms with E-state index in [-0.39, 0.29) is 5.56 Å². The topological polar surface area (TPSA) is 49.6 Å². The van der Waals surface area contributed by atoms with Gasteiger partial charge in [0.1, 0.15) is 11.6 Å². The van der Waals surface area contributed by atoms with Gasteiger partial charge in [-0.2, -0.15) is 5.26 Å². The molecule has 0 amide bonds. The summed E-state index contributed by atoms with van der Waals surface area (Å²) in [4.78, 5) is 9.54. The molecule has 0 aliphatic carbocycles. The highest BCUT2D eigenvalue weighted by Gasteiger charge is 2.27. The molecule has 3 nitrogen and oxygen atoms in total. The first-order chi connectivity index (χ1) is 15.4. The molecule has 0 aliphatic rings. The van der Waals surface area contributed by atoms with Gasteiger partial charge in [-0.3, -0.25) is 9.97 Å². The molecule has 0 fully saturated rings. The van der Waals surface area contributed by atoms with Crippen LogP contribution in [0.1, 0.15) is 42.1 Å². The molecule has 0 N–H and O–H groups in total. The molecule has 4 aromatic rings. The minimum atomic E-state index is -0.646. The molecule has 0 saturated carbocycles. The van der Waals surface area contributed by atoms with Crippen LogP contribution in [0.5, 0.6) is 0 Å². The van der Waals surface area contributed by atoms with Crippen LogP contribution in [-0.4, -0.2) is 9.97 Å². The van der Waals surface area contributed by atoms with Crippen molar-refractivity contribution in [2.75, 3.05) is 0 Å². The van der Waals surface area contributed by atoms with Crippen LogP contribution in [0.4, 0.5) is 8.78 Å². The predicted molar refractivity (Wildman–Crippen MR) is 120 cm³/mol. The fourth-order valence-electron chi connectivity index (χ4n) is 3.65. The molecule has 0 aliphatic heterocycles. The minimum Gasteiger partial charge on any atom is -0.257 e. The summed E-state index contributed by atoms with van der Waals surface area (Å²) in [6.07, 6.45) is 0.605. The van der Waals surface area contributed by atoms with Crippen LogP contribution in [0.2, 0.25) is 0 Å². The van der Waals surface area contributed by atoms with E-state index in [0.717, 1.165) is 28.7 Å². The van der Waals surface area contributed by atoms with Crippen LogP contribution >= 0.6 is 0 Å². The van der Waals surface area contributed by atoms with Gasteiger partial charge in [0.15, 0.2) is 0 Å². The molecule has 5 heteroatoms. The highest BCUT2D eigenvalue weighted by molar-refractivity contribution is 5.60. The van der Waals surface area contributed by atoms with Gasteiger partial charge in [-0.05, 0) is 67.9 Å². The minimum absolute atomic E-state index is 0.253. The molecular formula is C27H21F2N3. The van der Waals surface area contributed by atoms with E-state index in [2.05, 4.69) is 11.1 Å². The van der Waals surface area contributed by atoms with E-state index in [1.54, 1.807) is 12.1 Å². The second kappa shape index (κ2) is 8.68. The van der Waals surface area contributed by atoms with Crippen molar-refractivity contribution >= 4 is 0 Å². The number of halogens is 2. The average molecular weight is 425 g/mol. The molecule has 0 bridgehead atoms. The van der Waals surface area contributed by atoms with Crippen molar-refractivity contribution in [3.05, 3.63) is 119 Å². The van der Waals surface area contributed by atoms with Gasteiger partial charge in [0.25, 0.3) is 0 Å². The zero-order chi connectivity index (χ0) is 22.7. The fraction of sp³-hybridized carbons (Fsp3) is 0.148. The normalized spacial score (nSPS) is 11.2. The van der Waals surface area contributed by atoms with Crippen LogP contribution < -0.4 is 0 Å². The van der Waals surface area contributed by atoms with Crippen LogP contribution in [0.3, 0.4) is 0 Å². The zero-order valence-electron chi connectivity index (χ0n) is 17.8. The molecular weight excluding hydrogens is 404 g/mol. The predicted octanol–water partition coefficient (Wildman–Crippen LogP) is 6.21. The Hall–Kier alpha value is -3.91. The molecule has 2 aromatic heterocycles. The highest BCUT2D eigenvalue weighted by Crippen LogP contribution is 2.31. The lowest BCUT2D eigenvalue weighted by Crippen LogP contribution is -2.23. The van der Waals surface area contributed by atoms with Crippen LogP contribution in [0.15, 0.2) is 78.9 Å². The third-order valence-electron chi connectivity index (χ3n) is 5.48. The summed E-state index contributed by atoms with van der Waals surface area (Å²) in [6, 6.07) is 24.4. The largest absolute Gasteiger partial charge is 0.257 e. The van der Waals surface area contributed by atoms with Crippen molar-refractivity contribution in [3.8, 4) is 17.3 Å². The van der Waals surface area contributed by atoms with Gasteiger partial charge in [0.05, 0.1) is 28.7 Å². The summed E-state index contributed by atoms with van der Waals surface area (Å²) in [5.74, 6) is -1.27. The lowest BCUT2D eigenvalue weighted by molar-refractivity contribution is 0.582. The molecule has 0 radical (unpaired) electrons. The Bertz CT molecular complexity index is 1320. The number of hydrogen-bond donors (Lipinski definition) is 0. The van der Waals surface area contributed by atoms with E-state index in [0.29, 0.717) is 17.7 Å². The highest BCUT2D eigenvalue weighted by atomic mass is 19.1. The maximum Gasteiger partial charge on any atom is 0.135 e. The Labute approximate surface area is 186 Å². The second-order valence-corrected chi connectivity index (χ2v) is 8.16. The molecule has 0 atom stereocenters. The first-order valence-electron chi connectivity index (χ1n) is 10.3. The van der Waals surface area contributed by atoms with Gasteiger partial charge in [0.2, 0.25) is 0 Å². The smallest absolute Gasteiger partial charge is 0.135 e. The van der Waals surface area contributed by atoms with Crippen LogP contribution in [0, 0.1) is 23.0 Å². The molecule has 0 saturated heterocycles. The lowest BCUT2D eigenvalue weighted by Gasteiger charge is -2.25. The van der Waals surface area contributed by atoms with E-state index in [1.165, 1.54) is 12.1 Å². The number of nitriles is 1. The molecule has 4 rings (SSSR count). The van der Waals surface area contributed by atoms with Gasteiger partial charge < -0.3 is 0 Å². The lowest BCUT2D eigenvalue weighted by atomic mass is 9.84. The standard InChI is InChI=1S/C27H21F2N3/c1-27(2,26-11-5-9-24(32-26)22-13-12-20(28)16-23(22)29)25-10-4-8-21(31-25)15-18-6-3-7-19(14-18)17-30/h3-14,16H,15H2,1-2H3. The van der Waals surface area contributed by atoms with E-state index >= 15 is 0 Å². The molecule has 2 heterocycles. The SMILES string of the molecule is CC(C)(c1cccc(Cc2cccc(C#N)c2)n1)c1cccc(-c2ccc(F)cc2F)n1. The van der Waals surface area contributed by atoms with E-state index in [4.69, 9.17) is 10.2 Å². The Morgan fingerprint density at radius 1 is 0.844 bits per heavy atom. The van der Waals surface area contributed by atoms with E-state index in [1.807, 2.05) is 62.4 Å². The van der Waals surface area contributed by atoms with Crippen LogP contribution in [0.25, 0.3) is 11.3 Å². The summed E-state index contributed by atoms with van der Waals surface area (Å²) in [6.45, 7) is 4.03. The Kier molecular flexibility index (Phi) is 5.79.